The van der Waals surface area contributed by atoms with Gasteiger partial charge in [-0.2, -0.15) is 13.2 Å². The van der Waals surface area contributed by atoms with Gasteiger partial charge >= 0.3 is 6.18 Å². The molecule has 19 heavy (non-hydrogen) atoms. The summed E-state index contributed by atoms with van der Waals surface area (Å²) in [5.41, 5.74) is -0.601. The van der Waals surface area contributed by atoms with Crippen LogP contribution in [0.5, 0.6) is 0 Å². The maximum absolute atomic E-state index is 12.9. The van der Waals surface area contributed by atoms with Crippen LogP contribution in [0.3, 0.4) is 0 Å². The van der Waals surface area contributed by atoms with E-state index in [-0.39, 0.29) is 5.56 Å². The van der Waals surface area contributed by atoms with Crippen molar-refractivity contribution in [1.29, 1.82) is 0 Å². The summed E-state index contributed by atoms with van der Waals surface area (Å²) in [5, 5.41) is 11.8. The molecule has 0 radical (unpaired) electrons. The Labute approximate surface area is 112 Å². The van der Waals surface area contributed by atoms with E-state index in [0.29, 0.717) is 16.6 Å². The van der Waals surface area contributed by atoms with Gasteiger partial charge in [0.15, 0.2) is 0 Å². The molecule has 0 aliphatic carbocycles. The molecule has 0 bridgehead atoms. The lowest BCUT2D eigenvalue weighted by Gasteiger charge is -2.09. The minimum absolute atomic E-state index is 0.0789. The Bertz CT molecular complexity index is 551. The minimum atomic E-state index is -4.38. The molecule has 0 spiro atoms. The topological polar surface area (TPSA) is 37.8 Å². The molecule has 2 aromatic rings. The van der Waals surface area contributed by atoms with E-state index in [9.17, 15) is 13.2 Å². The Hall–Kier alpha value is -1.47. The number of hydrogen-bond acceptors (Lipinski definition) is 4. The van der Waals surface area contributed by atoms with Gasteiger partial charge in [0.1, 0.15) is 10.0 Å². The summed E-state index contributed by atoms with van der Waals surface area (Å²) in [4.78, 5) is 0. The third-order valence-corrected chi connectivity index (χ3v) is 3.41. The van der Waals surface area contributed by atoms with Crippen LogP contribution in [0.4, 0.5) is 13.2 Å². The summed E-state index contributed by atoms with van der Waals surface area (Å²) in [6.07, 6.45) is -4.38. The fourth-order valence-corrected chi connectivity index (χ4v) is 2.43. The summed E-state index contributed by atoms with van der Waals surface area (Å²) in [6, 6.07) is 5.41. The molecule has 3 nitrogen and oxygen atoms in total. The fourth-order valence-electron chi connectivity index (χ4n) is 1.58. The van der Waals surface area contributed by atoms with Crippen molar-refractivity contribution in [3.8, 4) is 10.6 Å². The molecular weight excluding hydrogens is 275 g/mol. The molecule has 7 heteroatoms. The zero-order valence-electron chi connectivity index (χ0n) is 10.2. The van der Waals surface area contributed by atoms with E-state index in [1.54, 1.807) is 6.07 Å². The average molecular weight is 287 g/mol. The van der Waals surface area contributed by atoms with Crippen molar-refractivity contribution in [2.45, 2.75) is 19.6 Å². The predicted octanol–water partition coefficient (Wildman–Crippen LogP) is 3.33. The van der Waals surface area contributed by atoms with Gasteiger partial charge in [-0.15, -0.1) is 10.2 Å². The van der Waals surface area contributed by atoms with E-state index in [4.69, 9.17) is 0 Å². The summed E-state index contributed by atoms with van der Waals surface area (Å²) >= 11 is 1.17. The Morgan fingerprint density at radius 1 is 1.21 bits per heavy atom. The second kappa shape index (κ2) is 5.66. The maximum Gasteiger partial charge on any atom is 0.417 e. The molecular formula is C12H12F3N3S. The van der Waals surface area contributed by atoms with E-state index >= 15 is 0 Å². The molecule has 0 fully saturated rings. The smallest absolute Gasteiger partial charge is 0.311 e. The van der Waals surface area contributed by atoms with Crippen LogP contribution in [0.2, 0.25) is 0 Å². The number of nitrogens with one attached hydrogen (secondary N) is 1. The largest absolute Gasteiger partial charge is 0.417 e. The summed E-state index contributed by atoms with van der Waals surface area (Å²) < 4.78 is 38.7. The van der Waals surface area contributed by atoms with Crippen molar-refractivity contribution in [3.63, 3.8) is 0 Å². The first-order chi connectivity index (χ1) is 9.02. The Morgan fingerprint density at radius 2 is 1.95 bits per heavy atom. The zero-order valence-corrected chi connectivity index (χ0v) is 11.0. The summed E-state index contributed by atoms with van der Waals surface area (Å²) in [7, 11) is 0. The highest BCUT2D eigenvalue weighted by Crippen LogP contribution is 2.37. The number of halogens is 3. The van der Waals surface area contributed by atoms with Crippen LogP contribution in [-0.2, 0) is 12.7 Å². The van der Waals surface area contributed by atoms with Gasteiger partial charge in [0, 0.05) is 12.1 Å². The highest BCUT2D eigenvalue weighted by molar-refractivity contribution is 7.14. The van der Waals surface area contributed by atoms with Gasteiger partial charge in [-0.25, -0.2) is 0 Å². The molecule has 0 atom stereocenters. The quantitative estimate of drug-likeness (QED) is 0.937. The second-order valence-corrected chi connectivity index (χ2v) is 4.89. The maximum atomic E-state index is 12.9. The molecule has 102 valence electrons. The van der Waals surface area contributed by atoms with Crippen LogP contribution in [0.1, 0.15) is 17.5 Å². The molecule has 0 saturated heterocycles. The highest BCUT2D eigenvalue weighted by atomic mass is 32.1. The lowest BCUT2D eigenvalue weighted by molar-refractivity contribution is -0.137. The van der Waals surface area contributed by atoms with Crippen LogP contribution in [0.15, 0.2) is 24.3 Å². The molecule has 0 aliphatic rings. The lowest BCUT2D eigenvalue weighted by atomic mass is 10.1. The Balaban J connectivity index is 2.34. The van der Waals surface area contributed by atoms with Crippen LogP contribution < -0.4 is 5.32 Å². The van der Waals surface area contributed by atoms with Crippen LogP contribution in [-0.4, -0.2) is 16.7 Å². The van der Waals surface area contributed by atoms with Crippen molar-refractivity contribution in [3.05, 3.63) is 34.8 Å². The van der Waals surface area contributed by atoms with Crippen molar-refractivity contribution in [2.75, 3.05) is 6.54 Å². The summed E-state index contributed by atoms with van der Waals surface area (Å²) in [5.74, 6) is 0. The fraction of sp³-hybridized carbons (Fsp3) is 0.333. The number of alkyl halides is 3. The van der Waals surface area contributed by atoms with E-state index in [1.165, 1.54) is 23.5 Å². The molecule has 0 saturated carbocycles. The van der Waals surface area contributed by atoms with Gasteiger partial charge in [0.25, 0.3) is 0 Å². The first-order valence-electron chi connectivity index (χ1n) is 5.72. The normalized spacial score (nSPS) is 11.8. The number of rotatable bonds is 4. The molecule has 0 unspecified atom stereocenters. The van der Waals surface area contributed by atoms with E-state index in [2.05, 4.69) is 15.5 Å². The van der Waals surface area contributed by atoms with Gasteiger partial charge in [-0.05, 0) is 12.6 Å². The third-order valence-electron chi connectivity index (χ3n) is 2.46. The van der Waals surface area contributed by atoms with Crippen molar-refractivity contribution in [2.24, 2.45) is 0 Å². The highest BCUT2D eigenvalue weighted by Gasteiger charge is 2.34. The number of benzene rings is 1. The van der Waals surface area contributed by atoms with Crippen molar-refractivity contribution < 1.29 is 13.2 Å². The van der Waals surface area contributed by atoms with Gasteiger partial charge in [-0.1, -0.05) is 36.5 Å². The minimum Gasteiger partial charge on any atom is -0.311 e. The predicted molar refractivity (Wildman–Crippen MR) is 67.7 cm³/mol. The monoisotopic (exact) mass is 287 g/mol. The van der Waals surface area contributed by atoms with Crippen LogP contribution >= 0.6 is 11.3 Å². The van der Waals surface area contributed by atoms with Crippen LogP contribution in [0, 0.1) is 0 Å². The SMILES string of the molecule is CCNCc1nnc(-c2ccccc2C(F)(F)F)s1. The molecule has 1 heterocycles. The molecule has 0 amide bonds. The molecule has 1 N–H and O–H groups in total. The average Bonchev–Trinajstić information content (AvgIpc) is 2.84. The standard InChI is InChI=1S/C12H12F3N3S/c1-2-16-7-10-17-18-11(19-10)8-5-3-4-6-9(8)12(13,14)15/h3-6,16H,2,7H2,1H3. The van der Waals surface area contributed by atoms with Gasteiger partial charge < -0.3 is 5.32 Å². The van der Waals surface area contributed by atoms with Crippen LogP contribution in [0.25, 0.3) is 10.6 Å². The zero-order chi connectivity index (χ0) is 13.9. The third kappa shape index (κ3) is 3.30. The first kappa shape index (κ1) is 14.0. The molecule has 1 aromatic heterocycles. The van der Waals surface area contributed by atoms with Crippen molar-refractivity contribution in [1.82, 2.24) is 15.5 Å². The number of nitrogens with zero attached hydrogens (tertiary/aromatic N) is 2. The molecule has 2 rings (SSSR count). The Kier molecular flexibility index (Phi) is 4.16. The number of hydrogen-bond donors (Lipinski definition) is 1. The number of aromatic nitrogens is 2. The second-order valence-electron chi connectivity index (χ2n) is 3.82. The van der Waals surface area contributed by atoms with Gasteiger partial charge in [-0.3, -0.25) is 0 Å². The van der Waals surface area contributed by atoms with Crippen molar-refractivity contribution >= 4 is 11.3 Å². The first-order valence-corrected chi connectivity index (χ1v) is 6.53. The Morgan fingerprint density at radius 3 is 2.63 bits per heavy atom. The summed E-state index contributed by atoms with van der Waals surface area (Å²) in [6.45, 7) is 3.23. The van der Waals surface area contributed by atoms with Gasteiger partial charge in [0.05, 0.1) is 5.56 Å². The molecule has 0 aliphatic heterocycles. The van der Waals surface area contributed by atoms with E-state index < -0.39 is 11.7 Å². The molecule has 1 aromatic carbocycles. The lowest BCUT2D eigenvalue weighted by Crippen LogP contribution is -2.11. The van der Waals surface area contributed by atoms with Gasteiger partial charge in [0.2, 0.25) is 0 Å². The van der Waals surface area contributed by atoms with E-state index in [1.807, 2.05) is 6.92 Å². The van der Waals surface area contributed by atoms with E-state index in [0.717, 1.165) is 12.6 Å².